The minimum absolute atomic E-state index is 0.0527. The third kappa shape index (κ3) is 4.59. The summed E-state index contributed by atoms with van der Waals surface area (Å²) in [7, 11) is 0. The quantitative estimate of drug-likeness (QED) is 0.797. The molecule has 17 heavy (non-hydrogen) atoms. The van der Waals surface area contributed by atoms with Gasteiger partial charge in [-0.1, -0.05) is 44.4 Å². The van der Waals surface area contributed by atoms with Gasteiger partial charge in [-0.2, -0.15) is 0 Å². The van der Waals surface area contributed by atoms with Crippen LogP contribution in [0.25, 0.3) is 0 Å². The molecule has 1 N–H and O–H groups in total. The molecule has 0 aromatic heterocycles. The van der Waals surface area contributed by atoms with Crippen molar-refractivity contribution in [2.24, 2.45) is 0 Å². The second-order valence-corrected chi connectivity index (χ2v) is 4.61. The number of amides is 1. The van der Waals surface area contributed by atoms with Gasteiger partial charge in [0.05, 0.1) is 0 Å². The van der Waals surface area contributed by atoms with E-state index in [1.54, 1.807) is 0 Å². The van der Waals surface area contributed by atoms with E-state index in [-0.39, 0.29) is 5.91 Å². The number of aryl methyl sites for hydroxylation is 1. The average molecular weight is 233 g/mol. The van der Waals surface area contributed by atoms with E-state index in [0.29, 0.717) is 6.04 Å². The molecule has 2 heteroatoms. The Morgan fingerprint density at radius 3 is 2.12 bits per heavy atom. The third-order valence-corrected chi connectivity index (χ3v) is 2.92. The minimum atomic E-state index is 0.0527. The molecule has 0 atom stereocenters. The molecule has 0 fully saturated rings. The first-order chi connectivity index (χ1) is 8.17. The lowest BCUT2D eigenvalue weighted by Crippen LogP contribution is -2.34. The third-order valence-electron chi connectivity index (χ3n) is 2.92. The molecule has 94 valence electrons. The molecule has 0 aliphatic rings. The van der Waals surface area contributed by atoms with Crippen LogP contribution in [0.3, 0.4) is 0 Å². The fourth-order valence-corrected chi connectivity index (χ4v) is 1.96. The first kappa shape index (κ1) is 13.8. The summed E-state index contributed by atoms with van der Waals surface area (Å²) in [5.74, 6) is 0.0527. The maximum atomic E-state index is 12.0. The topological polar surface area (TPSA) is 29.1 Å². The van der Waals surface area contributed by atoms with Crippen molar-refractivity contribution in [2.75, 3.05) is 0 Å². The van der Waals surface area contributed by atoms with Gasteiger partial charge in [0.15, 0.2) is 0 Å². The number of rotatable bonds is 6. The Kier molecular flexibility index (Phi) is 5.75. The summed E-state index contributed by atoms with van der Waals surface area (Å²) in [5.41, 5.74) is 1.94. The van der Waals surface area contributed by atoms with Crippen molar-refractivity contribution in [3.05, 3.63) is 35.4 Å². The second-order valence-electron chi connectivity index (χ2n) is 4.61. The number of carbonyl (C=O) groups is 1. The van der Waals surface area contributed by atoms with Crippen LogP contribution in [0.1, 0.15) is 55.5 Å². The first-order valence-corrected chi connectivity index (χ1v) is 6.54. The van der Waals surface area contributed by atoms with Gasteiger partial charge in [-0.05, 0) is 31.9 Å². The van der Waals surface area contributed by atoms with Crippen LogP contribution in [0.15, 0.2) is 24.3 Å². The van der Waals surface area contributed by atoms with Crippen LogP contribution in [-0.4, -0.2) is 11.9 Å². The number of hydrogen-bond acceptors (Lipinski definition) is 1. The van der Waals surface area contributed by atoms with Crippen molar-refractivity contribution >= 4 is 5.91 Å². The minimum Gasteiger partial charge on any atom is -0.349 e. The maximum Gasteiger partial charge on any atom is 0.251 e. The Labute approximate surface area is 104 Å². The largest absolute Gasteiger partial charge is 0.349 e. The highest BCUT2D eigenvalue weighted by Gasteiger charge is 2.11. The lowest BCUT2D eigenvalue weighted by molar-refractivity contribution is 0.0932. The summed E-state index contributed by atoms with van der Waals surface area (Å²) in [5, 5.41) is 3.12. The van der Waals surface area contributed by atoms with Crippen LogP contribution in [-0.2, 0) is 0 Å². The Morgan fingerprint density at radius 1 is 1.12 bits per heavy atom. The lowest BCUT2D eigenvalue weighted by Gasteiger charge is -2.17. The molecule has 0 aliphatic carbocycles. The fraction of sp³-hybridized carbons (Fsp3) is 0.533. The standard InChI is InChI=1S/C15H23NO/c1-4-6-14(7-5-2)16-15(17)13-10-8-12(3)9-11-13/h8-11,14H,4-7H2,1-3H3,(H,16,17). The molecular weight excluding hydrogens is 210 g/mol. The zero-order valence-corrected chi connectivity index (χ0v) is 11.1. The normalized spacial score (nSPS) is 10.6. The molecular formula is C15H23NO. The van der Waals surface area contributed by atoms with Gasteiger partial charge in [-0.3, -0.25) is 4.79 Å². The Bertz CT molecular complexity index is 336. The summed E-state index contributed by atoms with van der Waals surface area (Å²) in [6.07, 6.45) is 4.34. The van der Waals surface area contributed by atoms with Crippen LogP contribution in [0.5, 0.6) is 0 Å². The van der Waals surface area contributed by atoms with Gasteiger partial charge in [0, 0.05) is 11.6 Å². The van der Waals surface area contributed by atoms with Crippen LogP contribution >= 0.6 is 0 Å². The molecule has 0 saturated carbocycles. The molecule has 0 spiro atoms. The predicted octanol–water partition coefficient (Wildman–Crippen LogP) is 3.69. The highest BCUT2D eigenvalue weighted by atomic mass is 16.1. The van der Waals surface area contributed by atoms with Crippen molar-refractivity contribution in [2.45, 2.75) is 52.5 Å². The maximum absolute atomic E-state index is 12.0. The van der Waals surface area contributed by atoms with Gasteiger partial charge in [-0.15, -0.1) is 0 Å². The molecule has 0 unspecified atom stereocenters. The van der Waals surface area contributed by atoms with Gasteiger partial charge in [-0.25, -0.2) is 0 Å². The van der Waals surface area contributed by atoms with Crippen molar-refractivity contribution in [3.63, 3.8) is 0 Å². The van der Waals surface area contributed by atoms with Crippen molar-refractivity contribution in [1.29, 1.82) is 0 Å². The summed E-state index contributed by atoms with van der Waals surface area (Å²) in [4.78, 5) is 12.0. The van der Waals surface area contributed by atoms with Gasteiger partial charge in [0.25, 0.3) is 5.91 Å². The van der Waals surface area contributed by atoms with Crippen LogP contribution in [0, 0.1) is 6.92 Å². The summed E-state index contributed by atoms with van der Waals surface area (Å²) >= 11 is 0. The average Bonchev–Trinajstić information content (AvgIpc) is 2.30. The van der Waals surface area contributed by atoms with Crippen LogP contribution in [0.4, 0.5) is 0 Å². The monoisotopic (exact) mass is 233 g/mol. The number of nitrogens with one attached hydrogen (secondary N) is 1. The predicted molar refractivity (Wildman–Crippen MR) is 72.2 cm³/mol. The Morgan fingerprint density at radius 2 is 1.65 bits per heavy atom. The smallest absolute Gasteiger partial charge is 0.251 e. The summed E-state index contributed by atoms with van der Waals surface area (Å²) < 4.78 is 0. The van der Waals surface area contributed by atoms with Crippen LogP contribution in [0.2, 0.25) is 0 Å². The summed E-state index contributed by atoms with van der Waals surface area (Å²) in [6, 6.07) is 8.05. The van der Waals surface area contributed by atoms with E-state index in [0.717, 1.165) is 31.2 Å². The summed E-state index contributed by atoms with van der Waals surface area (Å²) in [6.45, 7) is 6.33. The van der Waals surface area contributed by atoms with Crippen molar-refractivity contribution in [1.82, 2.24) is 5.32 Å². The first-order valence-electron chi connectivity index (χ1n) is 6.54. The van der Waals surface area contributed by atoms with Gasteiger partial charge >= 0.3 is 0 Å². The van der Waals surface area contributed by atoms with E-state index >= 15 is 0 Å². The molecule has 1 rings (SSSR count). The molecule has 0 bridgehead atoms. The van der Waals surface area contributed by atoms with E-state index in [2.05, 4.69) is 19.2 Å². The molecule has 1 aromatic rings. The zero-order valence-electron chi connectivity index (χ0n) is 11.1. The van der Waals surface area contributed by atoms with E-state index in [1.807, 2.05) is 31.2 Å². The van der Waals surface area contributed by atoms with Crippen molar-refractivity contribution < 1.29 is 4.79 Å². The number of hydrogen-bond donors (Lipinski definition) is 1. The highest BCUT2D eigenvalue weighted by Crippen LogP contribution is 2.08. The van der Waals surface area contributed by atoms with Gasteiger partial charge in [0.1, 0.15) is 0 Å². The Hall–Kier alpha value is -1.31. The molecule has 0 heterocycles. The van der Waals surface area contributed by atoms with E-state index in [9.17, 15) is 4.79 Å². The molecule has 1 aromatic carbocycles. The van der Waals surface area contributed by atoms with Gasteiger partial charge < -0.3 is 5.32 Å². The fourth-order valence-electron chi connectivity index (χ4n) is 1.96. The molecule has 0 radical (unpaired) electrons. The molecule has 0 aliphatic heterocycles. The molecule has 0 saturated heterocycles. The number of benzene rings is 1. The highest BCUT2D eigenvalue weighted by molar-refractivity contribution is 5.94. The van der Waals surface area contributed by atoms with Crippen LogP contribution < -0.4 is 5.32 Å². The molecule has 1 amide bonds. The number of carbonyl (C=O) groups excluding carboxylic acids is 1. The Balaban J connectivity index is 2.60. The van der Waals surface area contributed by atoms with Crippen molar-refractivity contribution in [3.8, 4) is 0 Å². The van der Waals surface area contributed by atoms with Gasteiger partial charge in [0.2, 0.25) is 0 Å². The lowest BCUT2D eigenvalue weighted by atomic mass is 10.1. The van der Waals surface area contributed by atoms with E-state index < -0.39 is 0 Å². The molecule has 2 nitrogen and oxygen atoms in total. The SMILES string of the molecule is CCCC(CCC)NC(=O)c1ccc(C)cc1. The zero-order chi connectivity index (χ0) is 12.7. The van der Waals surface area contributed by atoms with E-state index in [4.69, 9.17) is 0 Å². The second kappa shape index (κ2) is 7.10. The van der Waals surface area contributed by atoms with E-state index in [1.165, 1.54) is 5.56 Å².